The molecule has 3 unspecified atom stereocenters. The van der Waals surface area contributed by atoms with Gasteiger partial charge < -0.3 is 25.8 Å². The zero-order valence-corrected chi connectivity index (χ0v) is 18.4. The number of aliphatic hydroxyl groups excluding tert-OH is 1. The number of rotatable bonds is 10. The summed E-state index contributed by atoms with van der Waals surface area (Å²) in [6.45, 7) is -0.247. The van der Waals surface area contributed by atoms with Gasteiger partial charge in [-0.3, -0.25) is 14.4 Å². The highest BCUT2D eigenvalue weighted by atomic mass is 16.5. The van der Waals surface area contributed by atoms with Gasteiger partial charge in [-0.1, -0.05) is 30.3 Å². The normalized spacial score (nSPS) is 23.0. The molecule has 0 radical (unpaired) electrons. The number of carbonyl (C=O) groups excluding carboxylic acids is 3. The van der Waals surface area contributed by atoms with Crippen molar-refractivity contribution in [1.29, 1.82) is 0 Å². The molecule has 3 atom stereocenters. The summed E-state index contributed by atoms with van der Waals surface area (Å²) in [5.74, 6) is 0.398. The predicted molar refractivity (Wildman–Crippen MR) is 121 cm³/mol. The lowest BCUT2D eigenvalue weighted by atomic mass is 10.0. The first-order valence-corrected chi connectivity index (χ1v) is 11.2. The third-order valence-corrected chi connectivity index (χ3v) is 6.56. The minimum atomic E-state index is -0.714. The quantitative estimate of drug-likeness (QED) is 0.508. The molecule has 4 N–H and O–H groups in total. The molecule has 33 heavy (non-hydrogen) atoms. The standard InChI is InChI=1S/C25H29N3O5/c26-24(32)20-13-25(16-29)14-21(25)28(20)23(31)15-27-22(30)8-4-5-17-9-11-19(12-10-17)33-18-6-2-1-3-7-18/h1-3,6-7,9-12,20-21,29H,4-5,8,13-16H2,(H2,26,32)(H,27,30). The molecule has 1 aliphatic heterocycles. The molecule has 0 spiro atoms. The molecule has 1 heterocycles. The van der Waals surface area contributed by atoms with Crippen molar-refractivity contribution < 1.29 is 24.2 Å². The van der Waals surface area contributed by atoms with Crippen LogP contribution < -0.4 is 15.8 Å². The van der Waals surface area contributed by atoms with E-state index in [-0.39, 0.29) is 31.0 Å². The van der Waals surface area contributed by atoms with E-state index < -0.39 is 17.4 Å². The van der Waals surface area contributed by atoms with Crippen molar-refractivity contribution >= 4 is 17.7 Å². The number of aryl methyl sites for hydroxylation is 1. The Bertz CT molecular complexity index is 1010. The predicted octanol–water partition coefficient (Wildman–Crippen LogP) is 1.76. The monoisotopic (exact) mass is 451 g/mol. The Labute approximate surface area is 192 Å². The molecular weight excluding hydrogens is 422 g/mol. The molecule has 1 saturated carbocycles. The number of primary amides is 1. The molecule has 2 fully saturated rings. The van der Waals surface area contributed by atoms with Crippen LogP contribution in [0.4, 0.5) is 0 Å². The van der Waals surface area contributed by atoms with E-state index in [0.29, 0.717) is 25.7 Å². The number of carbonyl (C=O) groups is 3. The van der Waals surface area contributed by atoms with Crippen molar-refractivity contribution in [3.8, 4) is 11.5 Å². The highest BCUT2D eigenvalue weighted by Gasteiger charge is 2.66. The van der Waals surface area contributed by atoms with E-state index in [1.165, 1.54) is 4.90 Å². The summed E-state index contributed by atoms with van der Waals surface area (Å²) >= 11 is 0. The van der Waals surface area contributed by atoms with Gasteiger partial charge >= 0.3 is 0 Å². The first-order chi connectivity index (χ1) is 15.9. The van der Waals surface area contributed by atoms with E-state index >= 15 is 0 Å². The molecule has 1 aliphatic carbocycles. The number of hydrogen-bond acceptors (Lipinski definition) is 5. The van der Waals surface area contributed by atoms with Crippen LogP contribution in [0.5, 0.6) is 11.5 Å². The van der Waals surface area contributed by atoms with Gasteiger partial charge in [0, 0.05) is 17.9 Å². The van der Waals surface area contributed by atoms with E-state index in [1.807, 2.05) is 54.6 Å². The third-order valence-electron chi connectivity index (χ3n) is 6.56. The van der Waals surface area contributed by atoms with Gasteiger partial charge in [0.05, 0.1) is 13.2 Å². The maximum Gasteiger partial charge on any atom is 0.242 e. The van der Waals surface area contributed by atoms with Gasteiger partial charge in [0.1, 0.15) is 17.5 Å². The minimum absolute atomic E-state index is 0.0725. The van der Waals surface area contributed by atoms with Crippen LogP contribution in [0.1, 0.15) is 31.2 Å². The fraction of sp³-hybridized carbons (Fsp3) is 0.400. The zero-order chi connectivity index (χ0) is 23.4. The fourth-order valence-electron chi connectivity index (χ4n) is 4.62. The Kier molecular flexibility index (Phi) is 6.65. The number of benzene rings is 2. The number of nitrogens with two attached hydrogens (primary N) is 1. The Morgan fingerprint density at radius 3 is 2.42 bits per heavy atom. The van der Waals surface area contributed by atoms with Gasteiger partial charge in [0.2, 0.25) is 17.7 Å². The maximum absolute atomic E-state index is 12.6. The molecule has 8 nitrogen and oxygen atoms in total. The van der Waals surface area contributed by atoms with Crippen molar-refractivity contribution in [3.05, 3.63) is 60.2 Å². The lowest BCUT2D eigenvalue weighted by Gasteiger charge is -2.25. The van der Waals surface area contributed by atoms with Crippen molar-refractivity contribution in [3.63, 3.8) is 0 Å². The molecule has 3 amide bonds. The molecule has 1 saturated heterocycles. The summed E-state index contributed by atoms with van der Waals surface area (Å²) in [4.78, 5) is 38.0. The lowest BCUT2D eigenvalue weighted by Crippen LogP contribution is -2.49. The van der Waals surface area contributed by atoms with Crippen LogP contribution in [0.2, 0.25) is 0 Å². The molecule has 2 aromatic rings. The summed E-state index contributed by atoms with van der Waals surface area (Å²) in [6.07, 6.45) is 2.71. The van der Waals surface area contributed by atoms with Gasteiger partial charge in [-0.15, -0.1) is 0 Å². The number of nitrogens with zero attached hydrogens (tertiary/aromatic N) is 1. The summed E-state index contributed by atoms with van der Waals surface area (Å²) in [7, 11) is 0. The Hall–Kier alpha value is -3.39. The average molecular weight is 452 g/mol. The van der Waals surface area contributed by atoms with Crippen LogP contribution in [0.3, 0.4) is 0 Å². The molecule has 2 aliphatic rings. The minimum Gasteiger partial charge on any atom is -0.457 e. The number of fused-ring (bicyclic) bond motifs is 1. The Morgan fingerprint density at radius 2 is 1.76 bits per heavy atom. The van der Waals surface area contributed by atoms with Gasteiger partial charge in [-0.25, -0.2) is 0 Å². The van der Waals surface area contributed by atoms with E-state index in [2.05, 4.69) is 5.32 Å². The highest BCUT2D eigenvalue weighted by Crippen LogP contribution is 2.59. The molecule has 2 aromatic carbocycles. The van der Waals surface area contributed by atoms with E-state index in [9.17, 15) is 19.5 Å². The van der Waals surface area contributed by atoms with Gasteiger partial charge in [0.25, 0.3) is 0 Å². The van der Waals surface area contributed by atoms with Crippen molar-refractivity contribution in [2.24, 2.45) is 11.1 Å². The SMILES string of the molecule is NC(=O)C1CC2(CO)CC2N1C(=O)CNC(=O)CCCc1ccc(Oc2ccccc2)cc1. The number of piperidine rings is 1. The number of ether oxygens (including phenoxy) is 1. The fourth-order valence-corrected chi connectivity index (χ4v) is 4.62. The van der Waals surface area contributed by atoms with E-state index in [0.717, 1.165) is 23.5 Å². The summed E-state index contributed by atoms with van der Waals surface area (Å²) < 4.78 is 5.78. The first kappa shape index (κ1) is 22.8. The van der Waals surface area contributed by atoms with Gasteiger partial charge in [0.15, 0.2) is 0 Å². The van der Waals surface area contributed by atoms with Crippen molar-refractivity contribution in [2.45, 2.75) is 44.2 Å². The van der Waals surface area contributed by atoms with Crippen LogP contribution >= 0.6 is 0 Å². The molecule has 174 valence electrons. The molecule has 4 rings (SSSR count). The lowest BCUT2D eigenvalue weighted by molar-refractivity contribution is -0.138. The second-order valence-corrected chi connectivity index (χ2v) is 8.85. The van der Waals surface area contributed by atoms with Crippen LogP contribution in [0, 0.1) is 5.41 Å². The summed E-state index contributed by atoms with van der Waals surface area (Å²) in [6, 6.07) is 16.4. The molecule has 0 bridgehead atoms. The second kappa shape index (κ2) is 9.62. The number of para-hydroxylation sites is 1. The Morgan fingerprint density at radius 1 is 1.06 bits per heavy atom. The van der Waals surface area contributed by atoms with Crippen LogP contribution in [0.15, 0.2) is 54.6 Å². The maximum atomic E-state index is 12.6. The second-order valence-electron chi connectivity index (χ2n) is 8.85. The number of aliphatic hydroxyl groups is 1. The molecule has 0 aromatic heterocycles. The number of hydrogen-bond donors (Lipinski definition) is 3. The highest BCUT2D eigenvalue weighted by molar-refractivity contribution is 5.91. The summed E-state index contributed by atoms with van der Waals surface area (Å²) in [5, 5.41) is 12.2. The van der Waals surface area contributed by atoms with Crippen LogP contribution in [-0.2, 0) is 20.8 Å². The van der Waals surface area contributed by atoms with Crippen molar-refractivity contribution in [1.82, 2.24) is 10.2 Å². The number of likely N-dealkylation sites (tertiary alicyclic amines) is 1. The van der Waals surface area contributed by atoms with Crippen molar-refractivity contribution in [2.75, 3.05) is 13.2 Å². The first-order valence-electron chi connectivity index (χ1n) is 11.2. The van der Waals surface area contributed by atoms with Crippen LogP contribution in [-0.4, -0.2) is 53.0 Å². The molecule has 8 heteroatoms. The molecular formula is C25H29N3O5. The number of amides is 3. The third kappa shape index (κ3) is 5.17. The van der Waals surface area contributed by atoms with E-state index in [4.69, 9.17) is 10.5 Å². The average Bonchev–Trinajstić information content (AvgIpc) is 3.43. The largest absolute Gasteiger partial charge is 0.457 e. The van der Waals surface area contributed by atoms with Crippen LogP contribution in [0.25, 0.3) is 0 Å². The van der Waals surface area contributed by atoms with E-state index in [1.54, 1.807) is 0 Å². The number of nitrogens with one attached hydrogen (secondary N) is 1. The van der Waals surface area contributed by atoms with Gasteiger partial charge in [-0.05, 0) is 55.5 Å². The zero-order valence-electron chi connectivity index (χ0n) is 18.4. The van der Waals surface area contributed by atoms with Gasteiger partial charge in [-0.2, -0.15) is 0 Å². The Balaban J connectivity index is 1.18. The summed E-state index contributed by atoms with van der Waals surface area (Å²) in [5.41, 5.74) is 6.13. The topological polar surface area (TPSA) is 122 Å². The smallest absolute Gasteiger partial charge is 0.242 e.